The normalized spacial score (nSPS) is 24.1. The monoisotopic (exact) mass is 1180 g/mol. The van der Waals surface area contributed by atoms with Gasteiger partial charge in [0.25, 0.3) is 0 Å². The van der Waals surface area contributed by atoms with E-state index in [1.165, 1.54) is 212 Å². The average molecular weight is 1180 g/mol. The van der Waals surface area contributed by atoms with Crippen molar-refractivity contribution in [2.24, 2.45) is 0 Å². The molecule has 12 atom stereocenters. The molecule has 12 unspecified atom stereocenters. The van der Waals surface area contributed by atoms with E-state index in [2.05, 4.69) is 55.6 Å². The van der Waals surface area contributed by atoms with Crippen LogP contribution in [0.2, 0.25) is 0 Å². The van der Waals surface area contributed by atoms with Crippen LogP contribution in [0.15, 0.2) is 48.6 Å². The Balaban J connectivity index is 1.52. The number of hydrogen-bond donors (Lipinski definition) is 9. The van der Waals surface area contributed by atoms with Gasteiger partial charge in [-0.2, -0.15) is 0 Å². The zero-order valence-electron chi connectivity index (χ0n) is 52.7. The summed E-state index contributed by atoms with van der Waals surface area (Å²) in [6.45, 7) is 2.66. The number of carbonyl (C=O) groups is 1. The van der Waals surface area contributed by atoms with Crippen molar-refractivity contribution in [3.8, 4) is 0 Å². The quantitative estimate of drug-likeness (QED) is 0.0204. The van der Waals surface area contributed by atoms with Gasteiger partial charge in [-0.05, 0) is 64.2 Å². The highest BCUT2D eigenvalue weighted by atomic mass is 16.7. The molecule has 0 spiro atoms. The van der Waals surface area contributed by atoms with Crippen LogP contribution in [0.4, 0.5) is 0 Å². The van der Waals surface area contributed by atoms with Gasteiger partial charge in [0.05, 0.1) is 32.0 Å². The van der Waals surface area contributed by atoms with E-state index in [0.29, 0.717) is 12.8 Å². The van der Waals surface area contributed by atoms with Crippen LogP contribution >= 0.6 is 0 Å². The molecule has 2 heterocycles. The van der Waals surface area contributed by atoms with Crippen molar-refractivity contribution in [2.45, 2.75) is 364 Å². The molecule has 9 N–H and O–H groups in total. The van der Waals surface area contributed by atoms with Crippen LogP contribution in [-0.4, -0.2) is 140 Å². The Morgan fingerprint density at radius 3 is 1.24 bits per heavy atom. The molecular weight excluding hydrogens is 1050 g/mol. The molecule has 83 heavy (non-hydrogen) atoms. The van der Waals surface area contributed by atoms with Crippen molar-refractivity contribution in [3.05, 3.63) is 48.6 Å². The van der Waals surface area contributed by atoms with Crippen molar-refractivity contribution in [3.63, 3.8) is 0 Å². The molecule has 14 nitrogen and oxygen atoms in total. The smallest absolute Gasteiger partial charge is 0.220 e. The van der Waals surface area contributed by atoms with Crippen molar-refractivity contribution in [1.29, 1.82) is 0 Å². The molecule has 0 saturated carbocycles. The van der Waals surface area contributed by atoms with E-state index in [1.54, 1.807) is 6.08 Å². The van der Waals surface area contributed by atoms with Crippen LogP contribution in [0, 0.1) is 0 Å². The molecule has 0 radical (unpaired) electrons. The molecule has 2 aliphatic heterocycles. The van der Waals surface area contributed by atoms with Gasteiger partial charge in [-0.3, -0.25) is 4.79 Å². The number of nitrogens with one attached hydrogen (secondary N) is 1. The number of aliphatic hydroxyl groups is 8. The maximum Gasteiger partial charge on any atom is 0.220 e. The molecule has 1 amide bonds. The Labute approximate surface area is 505 Å². The molecule has 2 rings (SSSR count). The molecule has 2 aliphatic rings. The number of rotatable bonds is 56. The fourth-order valence-corrected chi connectivity index (χ4v) is 11.3. The molecule has 0 aromatic heterocycles. The summed E-state index contributed by atoms with van der Waals surface area (Å²) >= 11 is 0. The Morgan fingerprint density at radius 2 is 0.807 bits per heavy atom. The first-order valence-electron chi connectivity index (χ1n) is 34.4. The predicted octanol–water partition coefficient (Wildman–Crippen LogP) is 13.5. The van der Waals surface area contributed by atoms with Crippen LogP contribution < -0.4 is 5.32 Å². The molecular formula is C69H127NO13. The number of unbranched alkanes of at least 4 members (excludes halogenated alkanes) is 37. The van der Waals surface area contributed by atoms with Gasteiger partial charge in [0, 0.05) is 6.42 Å². The third-order valence-corrected chi connectivity index (χ3v) is 16.7. The number of ether oxygens (including phenoxy) is 4. The maximum absolute atomic E-state index is 13.2. The first kappa shape index (κ1) is 77.0. The third-order valence-electron chi connectivity index (χ3n) is 16.7. The van der Waals surface area contributed by atoms with Crippen LogP contribution in [0.1, 0.15) is 290 Å². The zero-order valence-corrected chi connectivity index (χ0v) is 52.7. The highest BCUT2D eigenvalue weighted by Crippen LogP contribution is 2.30. The Kier molecular flexibility index (Phi) is 50.2. The van der Waals surface area contributed by atoms with E-state index in [1.807, 2.05) is 6.08 Å². The molecule has 0 aliphatic carbocycles. The first-order valence-corrected chi connectivity index (χ1v) is 34.4. The summed E-state index contributed by atoms with van der Waals surface area (Å²) in [5.41, 5.74) is 0. The van der Waals surface area contributed by atoms with Gasteiger partial charge < -0.3 is 65.1 Å². The largest absolute Gasteiger partial charge is 0.394 e. The SMILES string of the molecule is CC/C=C/CC/C=C/CC/C=C/C(O)C(COC1OC(CO)C(OC2OC(CO)C(O)C(O)C2O)C(O)C1O)NC(=O)CCCCCCCCCCCCCCCCCCCCCCCCCCCCC/C=C\CCCCCCCCCC. The highest BCUT2D eigenvalue weighted by molar-refractivity contribution is 5.76. The molecule has 2 fully saturated rings. The summed E-state index contributed by atoms with van der Waals surface area (Å²) < 4.78 is 22.7. The Bertz CT molecular complexity index is 1580. The molecule has 0 aromatic rings. The van der Waals surface area contributed by atoms with Crippen LogP contribution in [-0.2, 0) is 23.7 Å². The minimum Gasteiger partial charge on any atom is -0.394 e. The second-order valence-electron chi connectivity index (χ2n) is 24.3. The summed E-state index contributed by atoms with van der Waals surface area (Å²) in [5.74, 6) is -0.252. The third kappa shape index (κ3) is 38.8. The lowest BCUT2D eigenvalue weighted by Gasteiger charge is -2.46. The number of hydrogen-bond acceptors (Lipinski definition) is 13. The van der Waals surface area contributed by atoms with Crippen LogP contribution in [0.5, 0.6) is 0 Å². The Morgan fingerprint density at radius 1 is 0.434 bits per heavy atom. The molecule has 486 valence electrons. The van der Waals surface area contributed by atoms with Gasteiger partial charge in [-0.1, -0.05) is 268 Å². The fraction of sp³-hybridized carbons (Fsp3) is 0.870. The van der Waals surface area contributed by atoms with Crippen LogP contribution in [0.3, 0.4) is 0 Å². The minimum atomic E-state index is -1.79. The van der Waals surface area contributed by atoms with E-state index in [4.69, 9.17) is 18.9 Å². The first-order chi connectivity index (χ1) is 40.6. The maximum atomic E-state index is 13.2. The number of carbonyl (C=O) groups excluding carboxylic acids is 1. The Hall–Kier alpha value is -2.05. The standard InChI is InChI=1S/C69H127NO13/c1-3-5-7-9-11-13-15-16-17-18-19-20-21-22-23-24-25-26-27-28-29-30-31-32-33-34-35-36-37-38-39-40-41-42-43-45-47-49-51-53-61(74)70-57(58(73)52-50-48-46-44-14-12-10-8-6-4-2)56-80-68-66(79)64(77)67(60(55-72)82-68)83-69-65(78)63(76)62(75)59(54-71)81-69/h6,8,14,18-19,44,50,52,57-60,62-69,71-73,75-79H,3-5,7,9-13,15-17,20-43,45-49,51,53-56H2,1-2H3,(H,70,74)/b8-6+,19-18-,44-14+,52-50+. The second-order valence-corrected chi connectivity index (χ2v) is 24.3. The van der Waals surface area contributed by atoms with E-state index in [-0.39, 0.29) is 18.9 Å². The van der Waals surface area contributed by atoms with Crippen molar-refractivity contribution in [1.82, 2.24) is 5.32 Å². The molecule has 2 saturated heterocycles. The van der Waals surface area contributed by atoms with Gasteiger partial charge >= 0.3 is 0 Å². The minimum absolute atomic E-state index is 0.252. The summed E-state index contributed by atoms with van der Waals surface area (Å²) in [4.78, 5) is 13.2. The molecule has 14 heteroatoms. The van der Waals surface area contributed by atoms with E-state index >= 15 is 0 Å². The van der Waals surface area contributed by atoms with Crippen molar-refractivity contribution < 1.29 is 64.6 Å². The molecule has 0 bridgehead atoms. The van der Waals surface area contributed by atoms with Gasteiger partial charge in [0.2, 0.25) is 5.91 Å². The highest BCUT2D eigenvalue weighted by Gasteiger charge is 2.51. The summed E-state index contributed by atoms with van der Waals surface area (Å²) in [5, 5.41) is 86.9. The van der Waals surface area contributed by atoms with E-state index < -0.39 is 86.8 Å². The lowest BCUT2D eigenvalue weighted by Crippen LogP contribution is -2.65. The van der Waals surface area contributed by atoms with E-state index in [0.717, 1.165) is 44.9 Å². The van der Waals surface area contributed by atoms with Crippen LogP contribution in [0.25, 0.3) is 0 Å². The van der Waals surface area contributed by atoms with E-state index in [9.17, 15) is 45.6 Å². The molecule has 0 aromatic carbocycles. The van der Waals surface area contributed by atoms with Gasteiger partial charge in [0.1, 0.15) is 48.8 Å². The van der Waals surface area contributed by atoms with Gasteiger partial charge in [-0.25, -0.2) is 0 Å². The van der Waals surface area contributed by atoms with Gasteiger partial charge in [0.15, 0.2) is 12.6 Å². The predicted molar refractivity (Wildman–Crippen MR) is 337 cm³/mol. The van der Waals surface area contributed by atoms with Gasteiger partial charge in [-0.15, -0.1) is 0 Å². The average Bonchev–Trinajstić information content (AvgIpc) is 3.51. The number of aliphatic hydroxyl groups excluding tert-OH is 8. The van der Waals surface area contributed by atoms with Crippen molar-refractivity contribution in [2.75, 3.05) is 19.8 Å². The number of amides is 1. The lowest BCUT2D eigenvalue weighted by molar-refractivity contribution is -0.359. The fourth-order valence-electron chi connectivity index (χ4n) is 11.3. The summed E-state index contributed by atoms with van der Waals surface area (Å²) in [7, 11) is 0. The second kappa shape index (κ2) is 54.1. The number of allylic oxidation sites excluding steroid dienone is 7. The summed E-state index contributed by atoms with van der Waals surface area (Å²) in [6.07, 6.45) is 53.8. The summed E-state index contributed by atoms with van der Waals surface area (Å²) in [6, 6.07) is -0.935. The topological polar surface area (TPSA) is 228 Å². The lowest BCUT2D eigenvalue weighted by atomic mass is 9.97. The zero-order chi connectivity index (χ0) is 60.2. The van der Waals surface area contributed by atoms with Crippen molar-refractivity contribution >= 4 is 5.91 Å².